The molecule has 1 N–H and O–H groups in total. The van der Waals surface area contributed by atoms with E-state index in [-0.39, 0.29) is 30.8 Å². The van der Waals surface area contributed by atoms with Crippen LogP contribution in [0.15, 0.2) is 91.0 Å². The van der Waals surface area contributed by atoms with Crippen molar-refractivity contribution in [2.24, 2.45) is 0 Å². The molecule has 0 spiro atoms. The second-order valence-corrected chi connectivity index (χ2v) is 16.9. The maximum atomic E-state index is 12.8. The number of hydrogen-bond acceptors (Lipinski definition) is 3. The van der Waals surface area contributed by atoms with Crippen LogP contribution in [-0.2, 0) is 9.53 Å². The van der Waals surface area contributed by atoms with Gasteiger partial charge >= 0.3 is 198 Å². The molecule has 1 fully saturated rings. The van der Waals surface area contributed by atoms with Crippen molar-refractivity contribution in [2.75, 3.05) is 0 Å². The van der Waals surface area contributed by atoms with Gasteiger partial charge in [0.05, 0.1) is 0 Å². The molecule has 0 aromatic heterocycles. The average Bonchev–Trinajstić information content (AvgIpc) is 3.15. The molecule has 0 saturated carbocycles. The Morgan fingerprint density at radius 1 is 0.875 bits per heavy atom. The van der Waals surface area contributed by atoms with Crippen LogP contribution in [0.2, 0.25) is 9.85 Å². The normalized spacial score (nSPS) is 20.1. The van der Waals surface area contributed by atoms with Crippen molar-refractivity contribution in [3.8, 4) is 0 Å². The molecule has 0 amide bonds. The third kappa shape index (κ3) is 4.23. The molecule has 3 aromatic rings. The molecule has 3 atom stereocenters. The van der Waals surface area contributed by atoms with Gasteiger partial charge in [-0.1, -0.05) is 0 Å². The number of hydrogen-bond donors (Lipinski definition) is 1. The zero-order valence-corrected chi connectivity index (χ0v) is 21.5. The van der Waals surface area contributed by atoms with Gasteiger partial charge in [-0.2, -0.15) is 0 Å². The van der Waals surface area contributed by atoms with Gasteiger partial charge < -0.3 is 0 Å². The minimum atomic E-state index is -2.78. The molecule has 32 heavy (non-hydrogen) atoms. The van der Waals surface area contributed by atoms with Gasteiger partial charge in [0, 0.05) is 0 Å². The van der Waals surface area contributed by atoms with Crippen LogP contribution in [-0.4, -0.2) is 45.9 Å². The number of benzene rings is 3. The van der Waals surface area contributed by atoms with E-state index < -0.39 is 19.9 Å². The van der Waals surface area contributed by atoms with Gasteiger partial charge in [-0.25, -0.2) is 0 Å². The van der Waals surface area contributed by atoms with Crippen molar-refractivity contribution in [1.29, 1.82) is 0 Å². The van der Waals surface area contributed by atoms with Crippen molar-refractivity contribution in [3.05, 3.63) is 91.0 Å². The number of carbonyl (C=O) groups excluding carboxylic acids is 1. The van der Waals surface area contributed by atoms with Crippen molar-refractivity contribution < 1.29 is 14.6 Å². The topological polar surface area (TPSA) is 46.5 Å². The summed E-state index contributed by atoms with van der Waals surface area (Å²) >= 11 is -0.0156. The number of aliphatic hydroxyl groups excluding tert-OH is 1. The summed E-state index contributed by atoms with van der Waals surface area (Å²) in [6, 6.07) is 30.9. The molecule has 5 heteroatoms. The first kappa shape index (κ1) is 23.0. The number of ether oxygens (including phenoxy) is 1. The standard InChI is InChI=1S/C27H30O3SeSi/c1-27(2,3)32(21-15-9-5-10-16-21,22-17-11-6-12-18-22)26(29)23-19-24(25(28)30-23)31-20-13-7-4-8-14-20/h4-18,23-24,26,29H,19H2,1-3H3/t23-,24+,26?/m0/s1. The molecular formula is C27H30O3SeSi. The van der Waals surface area contributed by atoms with Gasteiger partial charge in [0.15, 0.2) is 0 Å². The molecule has 1 aliphatic rings. The maximum absolute atomic E-state index is 12.8. The first-order valence-corrected chi connectivity index (χ1v) is 15.0. The molecule has 0 bridgehead atoms. The third-order valence-electron chi connectivity index (χ3n) is 6.44. The molecule has 1 unspecified atom stereocenters. The molecule has 166 valence electrons. The number of rotatable bonds is 6. The Bertz CT molecular complexity index is 995. The summed E-state index contributed by atoms with van der Waals surface area (Å²) in [6.07, 6.45) is 0.0729. The Kier molecular flexibility index (Phi) is 6.73. The molecule has 1 saturated heterocycles. The summed E-state index contributed by atoms with van der Waals surface area (Å²) in [5.41, 5.74) is -0.743. The minimum absolute atomic E-state index is 0.0156. The zero-order valence-electron chi connectivity index (χ0n) is 18.8. The van der Waals surface area contributed by atoms with Gasteiger partial charge in [-0.3, -0.25) is 0 Å². The van der Waals surface area contributed by atoms with Gasteiger partial charge in [-0.05, 0) is 0 Å². The summed E-state index contributed by atoms with van der Waals surface area (Å²) in [5.74, 6) is -0.171. The van der Waals surface area contributed by atoms with Crippen molar-refractivity contribution in [1.82, 2.24) is 0 Å². The molecule has 3 aromatic carbocycles. The first-order chi connectivity index (χ1) is 15.3. The van der Waals surface area contributed by atoms with Crippen LogP contribution in [0.4, 0.5) is 0 Å². The molecule has 1 aliphatic heterocycles. The predicted molar refractivity (Wildman–Crippen MR) is 134 cm³/mol. The van der Waals surface area contributed by atoms with Crippen LogP contribution < -0.4 is 14.8 Å². The number of esters is 1. The Labute approximate surface area is 198 Å². The molecule has 0 radical (unpaired) electrons. The van der Waals surface area contributed by atoms with E-state index in [2.05, 4.69) is 57.2 Å². The van der Waals surface area contributed by atoms with Crippen LogP contribution in [0.1, 0.15) is 27.2 Å². The quantitative estimate of drug-likeness (QED) is 0.411. The molecule has 0 aliphatic carbocycles. The van der Waals surface area contributed by atoms with Crippen LogP contribution in [0.3, 0.4) is 0 Å². The zero-order chi connectivity index (χ0) is 22.8. The number of aliphatic hydroxyl groups is 1. The Morgan fingerprint density at radius 2 is 1.34 bits per heavy atom. The van der Waals surface area contributed by atoms with Crippen molar-refractivity contribution >= 4 is 43.8 Å². The SMILES string of the molecule is CC(C)(C)[Si](c1ccccc1)(c1ccccc1)C(O)[C@@H]1C[C@@H]([Se]c2ccccc2)C(=O)O1. The number of carbonyl (C=O) groups is 1. The first-order valence-electron chi connectivity index (χ1n) is 11.1. The van der Waals surface area contributed by atoms with Crippen molar-refractivity contribution in [2.45, 2.75) is 48.9 Å². The van der Waals surface area contributed by atoms with E-state index in [4.69, 9.17) is 4.74 Å². The van der Waals surface area contributed by atoms with E-state index in [1.54, 1.807) is 0 Å². The van der Waals surface area contributed by atoms with Gasteiger partial charge in [0.2, 0.25) is 0 Å². The summed E-state index contributed by atoms with van der Waals surface area (Å²) in [4.78, 5) is 12.7. The summed E-state index contributed by atoms with van der Waals surface area (Å²) in [5, 5.41) is 14.2. The third-order valence-corrected chi connectivity index (χ3v) is 15.1. The molecule has 4 rings (SSSR count). The second-order valence-electron chi connectivity index (χ2n) is 9.37. The van der Waals surface area contributed by atoms with E-state index >= 15 is 0 Å². The fourth-order valence-corrected chi connectivity index (χ4v) is 13.1. The summed E-state index contributed by atoms with van der Waals surface area (Å²) in [6.45, 7) is 6.64. The average molecular weight is 510 g/mol. The number of cyclic esters (lactones) is 1. The van der Waals surface area contributed by atoms with Crippen LogP contribution >= 0.6 is 0 Å². The predicted octanol–water partition coefficient (Wildman–Crippen LogP) is 3.08. The van der Waals surface area contributed by atoms with Crippen molar-refractivity contribution in [3.63, 3.8) is 0 Å². The monoisotopic (exact) mass is 510 g/mol. The fraction of sp³-hybridized carbons (Fsp3) is 0.296. The Balaban J connectivity index is 1.74. The van der Waals surface area contributed by atoms with E-state index in [1.165, 1.54) is 14.8 Å². The van der Waals surface area contributed by atoms with Crippen LogP contribution in [0.5, 0.6) is 0 Å². The fourth-order valence-electron chi connectivity index (χ4n) is 5.03. The summed E-state index contributed by atoms with van der Waals surface area (Å²) in [7, 11) is -2.78. The Hall–Kier alpha value is -2.17. The molecule has 3 nitrogen and oxygen atoms in total. The Morgan fingerprint density at radius 3 is 1.81 bits per heavy atom. The van der Waals surface area contributed by atoms with E-state index in [9.17, 15) is 9.90 Å². The van der Waals surface area contributed by atoms with Gasteiger partial charge in [-0.15, -0.1) is 0 Å². The summed E-state index contributed by atoms with van der Waals surface area (Å²) < 4.78 is 7.10. The van der Waals surface area contributed by atoms with Gasteiger partial charge in [0.1, 0.15) is 0 Å². The van der Waals surface area contributed by atoms with Crippen LogP contribution in [0, 0.1) is 0 Å². The molecular weight excluding hydrogens is 479 g/mol. The second kappa shape index (κ2) is 9.36. The van der Waals surface area contributed by atoms with Crippen LogP contribution in [0.25, 0.3) is 0 Å². The van der Waals surface area contributed by atoms with E-state index in [0.29, 0.717) is 6.42 Å². The van der Waals surface area contributed by atoms with Gasteiger partial charge in [0.25, 0.3) is 0 Å². The van der Waals surface area contributed by atoms with E-state index in [1.807, 2.05) is 54.6 Å². The van der Waals surface area contributed by atoms with E-state index in [0.717, 1.165) is 0 Å². The molecule has 1 heterocycles.